The van der Waals surface area contributed by atoms with Crippen LogP contribution in [0.2, 0.25) is 0 Å². The largest absolute Gasteiger partial charge is 0.495 e. The Morgan fingerprint density at radius 3 is 2.79 bits per heavy atom. The number of nitrogens with one attached hydrogen (secondary N) is 2. The van der Waals surface area contributed by atoms with Crippen molar-refractivity contribution in [3.8, 4) is 5.75 Å². The molecule has 1 heterocycles. The standard InChI is InChI=1S/C17H28N4O2.HI/c1-18-17(19-9-11-22-2)20-12-14-8-10-21(13-14)15-6-4-5-7-16(15)23-3;/h4-7,14H,8-13H2,1-3H3,(H2,18,19,20);1H. The van der Waals surface area contributed by atoms with E-state index in [0.717, 1.165) is 37.9 Å². The summed E-state index contributed by atoms with van der Waals surface area (Å²) in [5.41, 5.74) is 1.18. The number of ether oxygens (including phenoxy) is 2. The molecular formula is C17H29IN4O2. The molecule has 0 saturated carbocycles. The van der Waals surface area contributed by atoms with Crippen molar-refractivity contribution >= 4 is 35.6 Å². The first-order valence-electron chi connectivity index (χ1n) is 8.10. The third kappa shape index (κ3) is 6.01. The fourth-order valence-corrected chi connectivity index (χ4v) is 2.84. The Kier molecular flexibility index (Phi) is 9.85. The van der Waals surface area contributed by atoms with Crippen LogP contribution in [0.4, 0.5) is 5.69 Å². The van der Waals surface area contributed by atoms with Crippen molar-refractivity contribution in [1.29, 1.82) is 0 Å². The van der Waals surface area contributed by atoms with E-state index in [4.69, 9.17) is 9.47 Å². The molecule has 1 aromatic rings. The summed E-state index contributed by atoms with van der Waals surface area (Å²) in [5, 5.41) is 6.63. The molecule has 0 spiro atoms. The first-order chi connectivity index (χ1) is 11.3. The third-order valence-corrected chi connectivity index (χ3v) is 4.09. The minimum absolute atomic E-state index is 0. The molecule has 1 saturated heterocycles. The van der Waals surface area contributed by atoms with Gasteiger partial charge in [-0.2, -0.15) is 0 Å². The second kappa shape index (κ2) is 11.4. The number of benzene rings is 1. The zero-order chi connectivity index (χ0) is 16.5. The summed E-state index contributed by atoms with van der Waals surface area (Å²) < 4.78 is 10.5. The lowest BCUT2D eigenvalue weighted by Gasteiger charge is -2.21. The van der Waals surface area contributed by atoms with E-state index in [1.165, 1.54) is 12.1 Å². The maximum absolute atomic E-state index is 5.47. The molecule has 0 amide bonds. The Bertz CT molecular complexity index is 513. The van der Waals surface area contributed by atoms with Crippen molar-refractivity contribution in [1.82, 2.24) is 10.6 Å². The molecule has 0 aromatic heterocycles. The number of rotatable bonds is 7. The Labute approximate surface area is 162 Å². The fourth-order valence-electron chi connectivity index (χ4n) is 2.84. The number of anilines is 1. The van der Waals surface area contributed by atoms with E-state index in [1.54, 1.807) is 21.3 Å². The Morgan fingerprint density at radius 2 is 2.08 bits per heavy atom. The van der Waals surface area contributed by atoms with Crippen LogP contribution >= 0.6 is 24.0 Å². The summed E-state index contributed by atoms with van der Waals surface area (Å²) in [4.78, 5) is 6.63. The Balaban J connectivity index is 0.00000288. The zero-order valence-electron chi connectivity index (χ0n) is 14.7. The quantitative estimate of drug-likeness (QED) is 0.289. The number of nitrogens with zero attached hydrogens (tertiary/aromatic N) is 2. The highest BCUT2D eigenvalue weighted by atomic mass is 127. The van der Waals surface area contributed by atoms with Gasteiger partial charge in [0, 0.05) is 40.3 Å². The molecule has 136 valence electrons. The molecular weight excluding hydrogens is 419 g/mol. The molecule has 7 heteroatoms. The lowest BCUT2D eigenvalue weighted by molar-refractivity contribution is 0.203. The number of hydrogen-bond acceptors (Lipinski definition) is 4. The van der Waals surface area contributed by atoms with Crippen molar-refractivity contribution < 1.29 is 9.47 Å². The topological polar surface area (TPSA) is 58.1 Å². The summed E-state index contributed by atoms with van der Waals surface area (Å²) in [5.74, 6) is 2.37. The minimum Gasteiger partial charge on any atom is -0.495 e. The predicted octanol–water partition coefficient (Wildman–Crippen LogP) is 1.95. The first-order valence-corrected chi connectivity index (χ1v) is 8.10. The third-order valence-electron chi connectivity index (χ3n) is 4.09. The van der Waals surface area contributed by atoms with Gasteiger partial charge in [-0.15, -0.1) is 24.0 Å². The van der Waals surface area contributed by atoms with Gasteiger partial charge in [0.15, 0.2) is 5.96 Å². The molecule has 2 N–H and O–H groups in total. The van der Waals surface area contributed by atoms with Crippen LogP contribution in [0.5, 0.6) is 5.75 Å². The van der Waals surface area contributed by atoms with Crippen molar-refractivity contribution in [3.05, 3.63) is 24.3 Å². The van der Waals surface area contributed by atoms with E-state index < -0.39 is 0 Å². The minimum atomic E-state index is 0. The second-order valence-electron chi connectivity index (χ2n) is 5.65. The number of guanidine groups is 1. The summed E-state index contributed by atoms with van der Waals surface area (Å²) >= 11 is 0. The van der Waals surface area contributed by atoms with Crippen LogP contribution < -0.4 is 20.3 Å². The predicted molar refractivity (Wildman–Crippen MR) is 110 cm³/mol. The fraction of sp³-hybridized carbons (Fsp3) is 0.588. The Hall–Kier alpha value is -1.22. The molecule has 1 fully saturated rings. The molecule has 1 aromatic carbocycles. The van der Waals surface area contributed by atoms with Gasteiger partial charge in [0.2, 0.25) is 0 Å². The van der Waals surface area contributed by atoms with Crippen LogP contribution in [0.1, 0.15) is 6.42 Å². The first kappa shape index (κ1) is 20.8. The number of methoxy groups -OCH3 is 2. The van der Waals surface area contributed by atoms with Gasteiger partial charge in [-0.25, -0.2) is 0 Å². The van der Waals surface area contributed by atoms with Gasteiger partial charge in [-0.1, -0.05) is 12.1 Å². The van der Waals surface area contributed by atoms with Crippen molar-refractivity contribution in [3.63, 3.8) is 0 Å². The van der Waals surface area contributed by atoms with Crippen molar-refractivity contribution in [2.45, 2.75) is 6.42 Å². The van der Waals surface area contributed by atoms with Gasteiger partial charge in [0.25, 0.3) is 0 Å². The van der Waals surface area contributed by atoms with E-state index in [0.29, 0.717) is 12.5 Å². The van der Waals surface area contributed by atoms with Gasteiger partial charge < -0.3 is 25.0 Å². The van der Waals surface area contributed by atoms with Crippen LogP contribution in [-0.4, -0.2) is 60.0 Å². The van der Waals surface area contributed by atoms with E-state index in [-0.39, 0.29) is 24.0 Å². The van der Waals surface area contributed by atoms with Crippen LogP contribution in [0.3, 0.4) is 0 Å². The van der Waals surface area contributed by atoms with Crippen molar-refractivity contribution in [2.75, 3.05) is 59.0 Å². The van der Waals surface area contributed by atoms with E-state index in [2.05, 4.69) is 32.7 Å². The molecule has 0 radical (unpaired) electrons. The number of hydrogen-bond donors (Lipinski definition) is 2. The number of halogens is 1. The summed E-state index contributed by atoms with van der Waals surface area (Å²) in [6.45, 7) is 4.43. The van der Waals surface area contributed by atoms with Gasteiger partial charge in [-0.3, -0.25) is 4.99 Å². The Morgan fingerprint density at radius 1 is 1.29 bits per heavy atom. The summed E-state index contributed by atoms with van der Waals surface area (Å²) in [6, 6.07) is 8.21. The molecule has 2 rings (SSSR count). The maximum atomic E-state index is 5.47. The molecule has 6 nitrogen and oxygen atoms in total. The zero-order valence-corrected chi connectivity index (χ0v) is 17.1. The highest BCUT2D eigenvalue weighted by Crippen LogP contribution is 2.31. The summed E-state index contributed by atoms with van der Waals surface area (Å²) in [7, 11) is 5.21. The van der Waals surface area contributed by atoms with Crippen LogP contribution in [0, 0.1) is 5.92 Å². The molecule has 24 heavy (non-hydrogen) atoms. The normalized spacial score (nSPS) is 17.4. The van der Waals surface area contributed by atoms with Gasteiger partial charge in [0.1, 0.15) is 5.75 Å². The van der Waals surface area contributed by atoms with Gasteiger partial charge in [-0.05, 0) is 24.5 Å². The van der Waals surface area contributed by atoms with Crippen molar-refractivity contribution in [2.24, 2.45) is 10.9 Å². The molecule has 0 aliphatic carbocycles. The number of aliphatic imine (C=N–C) groups is 1. The SMILES string of the molecule is CN=C(NCCOC)NCC1CCN(c2ccccc2OC)C1.I. The van der Waals surface area contributed by atoms with Crippen LogP contribution in [-0.2, 0) is 4.74 Å². The van der Waals surface area contributed by atoms with E-state index >= 15 is 0 Å². The molecule has 1 aliphatic rings. The lowest BCUT2D eigenvalue weighted by Crippen LogP contribution is -2.41. The van der Waals surface area contributed by atoms with Gasteiger partial charge >= 0.3 is 0 Å². The smallest absolute Gasteiger partial charge is 0.191 e. The van der Waals surface area contributed by atoms with E-state index in [9.17, 15) is 0 Å². The highest BCUT2D eigenvalue weighted by Gasteiger charge is 2.24. The monoisotopic (exact) mass is 448 g/mol. The second-order valence-corrected chi connectivity index (χ2v) is 5.65. The average molecular weight is 448 g/mol. The molecule has 1 atom stereocenters. The maximum Gasteiger partial charge on any atom is 0.191 e. The van der Waals surface area contributed by atoms with Crippen LogP contribution in [0.15, 0.2) is 29.3 Å². The molecule has 1 unspecified atom stereocenters. The summed E-state index contributed by atoms with van der Waals surface area (Å²) in [6.07, 6.45) is 1.17. The molecule has 0 bridgehead atoms. The highest BCUT2D eigenvalue weighted by molar-refractivity contribution is 14.0. The number of para-hydroxylation sites is 2. The average Bonchev–Trinajstić information content (AvgIpc) is 3.06. The van der Waals surface area contributed by atoms with Crippen LogP contribution in [0.25, 0.3) is 0 Å². The molecule has 1 aliphatic heterocycles. The lowest BCUT2D eigenvalue weighted by atomic mass is 10.1. The van der Waals surface area contributed by atoms with E-state index in [1.807, 2.05) is 12.1 Å². The van der Waals surface area contributed by atoms with Gasteiger partial charge in [0.05, 0.1) is 19.4 Å².